The van der Waals surface area contributed by atoms with E-state index in [4.69, 9.17) is 4.74 Å². The Morgan fingerprint density at radius 3 is 2.71 bits per heavy atom. The maximum atomic E-state index is 13.7. The number of ether oxygens (including phenoxy) is 1. The van der Waals surface area contributed by atoms with E-state index in [9.17, 15) is 19.1 Å². The number of imidazole rings is 1. The molecule has 0 aliphatic carbocycles. The van der Waals surface area contributed by atoms with E-state index in [-0.39, 0.29) is 23.4 Å². The number of benzene rings is 3. The number of hydrogen-bond acceptors (Lipinski definition) is 5. The number of aliphatic hydroxyl groups is 1. The summed E-state index contributed by atoms with van der Waals surface area (Å²) in [4.78, 5) is 35.2. The number of anilines is 1. The molecule has 1 saturated heterocycles. The second kappa shape index (κ2) is 7.80. The first kappa shape index (κ1) is 21.1. The van der Waals surface area contributed by atoms with Gasteiger partial charge in [-0.1, -0.05) is 30.3 Å². The van der Waals surface area contributed by atoms with E-state index in [1.807, 2.05) is 13.0 Å². The highest BCUT2D eigenvalue weighted by Crippen LogP contribution is 2.42. The average Bonchev–Trinajstić information content (AvgIpc) is 3.51. The number of carbonyl (C=O) groups is 2. The van der Waals surface area contributed by atoms with Crippen molar-refractivity contribution in [3.8, 4) is 5.75 Å². The molecular formula is C27H20FN3O4. The number of nitrogens with zero attached hydrogens (tertiary/aromatic N) is 2. The Hall–Kier alpha value is -4.46. The van der Waals surface area contributed by atoms with Gasteiger partial charge in [0.2, 0.25) is 5.95 Å². The second-order valence-corrected chi connectivity index (χ2v) is 8.76. The van der Waals surface area contributed by atoms with Crippen LogP contribution in [0.1, 0.15) is 29.7 Å². The van der Waals surface area contributed by atoms with Crippen LogP contribution in [0.3, 0.4) is 0 Å². The number of aromatic nitrogens is 2. The molecule has 7 nitrogen and oxygen atoms in total. The van der Waals surface area contributed by atoms with Gasteiger partial charge in [-0.25, -0.2) is 9.37 Å². The molecule has 174 valence electrons. The molecule has 1 amide bonds. The van der Waals surface area contributed by atoms with E-state index < -0.39 is 23.5 Å². The van der Waals surface area contributed by atoms with Crippen molar-refractivity contribution in [2.45, 2.75) is 25.5 Å². The molecule has 2 unspecified atom stereocenters. The van der Waals surface area contributed by atoms with Crippen molar-refractivity contribution in [1.29, 1.82) is 0 Å². The van der Waals surface area contributed by atoms with Crippen molar-refractivity contribution in [3.63, 3.8) is 0 Å². The molecule has 2 aliphatic heterocycles. The fourth-order valence-electron chi connectivity index (χ4n) is 4.81. The smallest absolute Gasteiger partial charge is 0.302 e. The molecule has 2 atom stereocenters. The molecule has 8 heteroatoms. The quantitative estimate of drug-likeness (QED) is 0.259. The fourth-order valence-corrected chi connectivity index (χ4v) is 4.81. The summed E-state index contributed by atoms with van der Waals surface area (Å²) in [5.41, 5.74) is 2.76. The molecule has 0 saturated carbocycles. The summed E-state index contributed by atoms with van der Waals surface area (Å²) >= 11 is 0. The number of aliphatic hydroxyl groups excluding tert-OH is 1. The van der Waals surface area contributed by atoms with Gasteiger partial charge in [-0.2, -0.15) is 0 Å². The number of rotatable bonds is 3. The Morgan fingerprint density at radius 2 is 1.91 bits per heavy atom. The van der Waals surface area contributed by atoms with Crippen molar-refractivity contribution >= 4 is 34.4 Å². The van der Waals surface area contributed by atoms with Crippen LogP contribution in [0.4, 0.5) is 10.3 Å². The van der Waals surface area contributed by atoms with Gasteiger partial charge in [0.1, 0.15) is 23.4 Å². The number of H-pyrrole nitrogens is 1. The Kier molecular flexibility index (Phi) is 4.70. The number of fused-ring (bicyclic) bond motifs is 2. The third kappa shape index (κ3) is 3.37. The highest BCUT2D eigenvalue weighted by Gasteiger charge is 2.48. The first-order valence-corrected chi connectivity index (χ1v) is 11.2. The lowest BCUT2D eigenvalue weighted by atomic mass is 9.94. The maximum Gasteiger partial charge on any atom is 0.302 e. The van der Waals surface area contributed by atoms with E-state index in [0.29, 0.717) is 28.6 Å². The molecule has 2 aliphatic rings. The third-order valence-electron chi connectivity index (χ3n) is 6.39. The van der Waals surface area contributed by atoms with Crippen molar-refractivity contribution < 1.29 is 23.8 Å². The lowest BCUT2D eigenvalue weighted by Crippen LogP contribution is -2.30. The average molecular weight is 469 g/mol. The molecule has 4 aromatic rings. The normalized spacial score (nSPS) is 20.9. The first-order chi connectivity index (χ1) is 16.9. The molecule has 1 fully saturated rings. The van der Waals surface area contributed by atoms with Crippen LogP contribution in [-0.4, -0.2) is 32.9 Å². The molecule has 2 N–H and O–H groups in total. The van der Waals surface area contributed by atoms with Crippen LogP contribution in [-0.2, 0) is 16.0 Å². The summed E-state index contributed by atoms with van der Waals surface area (Å²) in [6.07, 6.45) is 0.706. The maximum absolute atomic E-state index is 13.7. The van der Waals surface area contributed by atoms with Gasteiger partial charge >= 0.3 is 5.91 Å². The zero-order valence-corrected chi connectivity index (χ0v) is 18.7. The lowest BCUT2D eigenvalue weighted by Gasteiger charge is -2.23. The van der Waals surface area contributed by atoms with Gasteiger partial charge in [0.15, 0.2) is 0 Å². The number of ketones is 1. The number of aromatic amines is 1. The molecule has 0 radical (unpaired) electrons. The summed E-state index contributed by atoms with van der Waals surface area (Å²) in [7, 11) is 0. The zero-order valence-electron chi connectivity index (χ0n) is 18.7. The highest BCUT2D eigenvalue weighted by atomic mass is 19.1. The van der Waals surface area contributed by atoms with Crippen molar-refractivity contribution in [1.82, 2.24) is 9.97 Å². The number of carbonyl (C=O) groups excluding carboxylic acids is 2. The molecular weight excluding hydrogens is 449 g/mol. The van der Waals surface area contributed by atoms with E-state index in [2.05, 4.69) is 9.97 Å². The van der Waals surface area contributed by atoms with Crippen molar-refractivity contribution in [2.75, 3.05) is 4.90 Å². The van der Waals surface area contributed by atoms with Crippen LogP contribution in [0, 0.1) is 5.82 Å². The summed E-state index contributed by atoms with van der Waals surface area (Å²) in [5.74, 6) is -1.56. The van der Waals surface area contributed by atoms with E-state index in [0.717, 1.165) is 11.3 Å². The van der Waals surface area contributed by atoms with Gasteiger partial charge in [-0.05, 0) is 54.4 Å². The highest BCUT2D eigenvalue weighted by molar-refractivity contribution is 6.51. The number of Topliss-reactive ketones (excluding diaryl/α,β-unsaturated/α-hetero) is 1. The zero-order chi connectivity index (χ0) is 24.3. The van der Waals surface area contributed by atoms with Crippen molar-refractivity contribution in [3.05, 3.63) is 94.8 Å². The predicted molar refractivity (Wildman–Crippen MR) is 128 cm³/mol. The summed E-state index contributed by atoms with van der Waals surface area (Å²) < 4.78 is 19.5. The van der Waals surface area contributed by atoms with Gasteiger partial charge in [0, 0.05) is 12.0 Å². The van der Waals surface area contributed by atoms with Gasteiger partial charge < -0.3 is 14.8 Å². The van der Waals surface area contributed by atoms with Gasteiger partial charge in [0.25, 0.3) is 5.78 Å². The minimum atomic E-state index is -0.926. The molecule has 6 rings (SSSR count). The minimum Gasteiger partial charge on any atom is -0.507 e. The van der Waals surface area contributed by atoms with Crippen LogP contribution in [0.25, 0.3) is 16.8 Å². The predicted octanol–water partition coefficient (Wildman–Crippen LogP) is 4.65. The lowest BCUT2D eigenvalue weighted by molar-refractivity contribution is -0.132. The van der Waals surface area contributed by atoms with E-state index >= 15 is 0 Å². The Labute approximate surface area is 199 Å². The summed E-state index contributed by atoms with van der Waals surface area (Å²) in [6, 6.07) is 17.3. The molecule has 3 heterocycles. The van der Waals surface area contributed by atoms with E-state index in [1.54, 1.807) is 42.5 Å². The van der Waals surface area contributed by atoms with Crippen LogP contribution < -0.4 is 9.64 Å². The molecule has 0 spiro atoms. The van der Waals surface area contributed by atoms with Crippen LogP contribution in [0.2, 0.25) is 0 Å². The number of nitrogens with one attached hydrogen (secondary N) is 1. The number of amides is 1. The largest absolute Gasteiger partial charge is 0.507 e. The third-order valence-corrected chi connectivity index (χ3v) is 6.39. The van der Waals surface area contributed by atoms with Crippen LogP contribution >= 0.6 is 0 Å². The second-order valence-electron chi connectivity index (χ2n) is 8.76. The number of hydrogen-bond donors (Lipinski definition) is 2. The monoisotopic (exact) mass is 469 g/mol. The molecule has 0 bridgehead atoms. The molecule has 3 aromatic carbocycles. The van der Waals surface area contributed by atoms with Gasteiger partial charge in [-0.3, -0.25) is 14.5 Å². The Balaban J connectivity index is 1.53. The minimum absolute atomic E-state index is 0.0233. The Morgan fingerprint density at radius 1 is 1.11 bits per heavy atom. The SMILES string of the molecule is CC1Cc2cc(/C(O)=C3\C(=O)C(=O)N(c4nc5ccc(F)cc5[nH]4)C3c3ccccc3)ccc2O1. The van der Waals surface area contributed by atoms with E-state index in [1.165, 1.54) is 23.1 Å². The molecule has 35 heavy (non-hydrogen) atoms. The fraction of sp³-hybridized carbons (Fsp3) is 0.148. The van der Waals surface area contributed by atoms with Crippen LogP contribution in [0.15, 0.2) is 72.3 Å². The number of halogens is 1. The Bertz CT molecular complexity index is 1540. The van der Waals surface area contributed by atoms with Crippen LogP contribution in [0.5, 0.6) is 5.75 Å². The summed E-state index contributed by atoms with van der Waals surface area (Å²) in [5, 5.41) is 11.3. The van der Waals surface area contributed by atoms with Gasteiger partial charge in [0.05, 0.1) is 22.6 Å². The standard InChI is InChI=1S/C27H20FN3O4/c1-14-11-17-12-16(7-10-21(17)35-14)24(32)22-23(15-5-3-2-4-6-15)31(26(34)25(22)33)27-29-19-9-8-18(28)13-20(19)30-27/h2-10,12-14,23,32H,11H2,1H3,(H,29,30)/b24-22+. The first-order valence-electron chi connectivity index (χ1n) is 11.2. The molecule has 1 aromatic heterocycles. The van der Waals surface area contributed by atoms with Gasteiger partial charge in [-0.15, -0.1) is 0 Å². The van der Waals surface area contributed by atoms with Crippen molar-refractivity contribution in [2.24, 2.45) is 0 Å². The summed E-state index contributed by atoms with van der Waals surface area (Å²) in [6.45, 7) is 1.96. The topological polar surface area (TPSA) is 95.5 Å².